The van der Waals surface area contributed by atoms with E-state index in [1.807, 2.05) is 6.08 Å². The van der Waals surface area contributed by atoms with E-state index in [1.54, 1.807) is 0 Å². The second kappa shape index (κ2) is 3.78. The summed E-state index contributed by atoms with van der Waals surface area (Å²) in [5.74, 6) is 0.613. The van der Waals surface area contributed by atoms with Crippen LogP contribution in [0.1, 0.15) is 29.9 Å². The molecule has 1 aromatic rings. The van der Waals surface area contributed by atoms with E-state index in [0.717, 1.165) is 0 Å². The zero-order chi connectivity index (χ0) is 9.10. The predicted molar refractivity (Wildman–Crippen MR) is 56.6 cm³/mol. The molecule has 0 nitrogen and oxygen atoms in total. The molecule has 0 heterocycles. The number of aryl methyl sites for hydroxylation is 1. The van der Waals surface area contributed by atoms with Crippen molar-refractivity contribution in [2.45, 2.75) is 25.2 Å². The highest BCUT2D eigenvalue weighted by Gasteiger charge is 2.17. The van der Waals surface area contributed by atoms with Crippen LogP contribution in [0, 0.1) is 6.42 Å². The van der Waals surface area contributed by atoms with Crippen molar-refractivity contribution in [1.29, 1.82) is 0 Å². The van der Waals surface area contributed by atoms with Gasteiger partial charge in [0.05, 0.1) is 0 Å². The van der Waals surface area contributed by atoms with Crippen LogP contribution in [-0.2, 0) is 6.42 Å². The number of hydrogen-bond acceptors (Lipinski definition) is 0. The number of benzene rings is 1. The molecule has 0 aliphatic heterocycles. The van der Waals surface area contributed by atoms with E-state index in [-0.39, 0.29) is 0 Å². The van der Waals surface area contributed by atoms with Crippen LogP contribution in [0.2, 0.25) is 0 Å². The molecule has 0 aromatic heterocycles. The van der Waals surface area contributed by atoms with Crippen molar-refractivity contribution in [2.24, 2.45) is 0 Å². The summed E-state index contributed by atoms with van der Waals surface area (Å²) in [6, 6.07) is 8.76. The van der Waals surface area contributed by atoms with Gasteiger partial charge in [-0.05, 0) is 42.7 Å². The maximum Gasteiger partial charge on any atom is -0.00904 e. The van der Waals surface area contributed by atoms with Crippen molar-refractivity contribution in [1.82, 2.24) is 0 Å². The molecule has 0 fully saturated rings. The monoisotopic (exact) mass is 171 g/mol. The lowest BCUT2D eigenvalue weighted by atomic mass is 9.81. The van der Waals surface area contributed by atoms with Gasteiger partial charge < -0.3 is 0 Å². The molecule has 0 heteroatoms. The molecule has 0 saturated heterocycles. The summed E-state index contributed by atoms with van der Waals surface area (Å²) in [5.41, 5.74) is 3.03. The van der Waals surface area contributed by atoms with E-state index in [9.17, 15) is 0 Å². The first-order valence-corrected chi connectivity index (χ1v) is 4.95. The Balaban J connectivity index is 2.31. The molecule has 1 aromatic carbocycles. The maximum absolute atomic E-state index is 3.77. The molecule has 1 radical (unpaired) electrons. The second-order valence-electron chi connectivity index (χ2n) is 3.63. The molecule has 0 N–H and O–H groups in total. The molecule has 0 amide bonds. The molecule has 2 rings (SSSR count). The van der Waals surface area contributed by atoms with Crippen LogP contribution in [0.15, 0.2) is 36.9 Å². The maximum atomic E-state index is 3.77. The zero-order valence-electron chi connectivity index (χ0n) is 7.87. The molecule has 1 aliphatic rings. The Morgan fingerprint density at radius 1 is 1.31 bits per heavy atom. The summed E-state index contributed by atoms with van der Waals surface area (Å²) in [5, 5.41) is 0. The number of hydrogen-bond donors (Lipinski definition) is 0. The molecule has 0 bridgehead atoms. The Labute approximate surface area is 80.3 Å². The van der Waals surface area contributed by atoms with Gasteiger partial charge in [-0.1, -0.05) is 30.3 Å². The summed E-state index contributed by atoms with van der Waals surface area (Å²) in [6.07, 6.45) is 7.98. The third-order valence-corrected chi connectivity index (χ3v) is 2.78. The zero-order valence-corrected chi connectivity index (χ0v) is 7.87. The van der Waals surface area contributed by atoms with E-state index in [4.69, 9.17) is 0 Å². The highest BCUT2D eigenvalue weighted by molar-refractivity contribution is 5.35. The molecule has 1 atom stereocenters. The Morgan fingerprint density at radius 2 is 2.15 bits per heavy atom. The van der Waals surface area contributed by atoms with Gasteiger partial charge >= 0.3 is 0 Å². The van der Waals surface area contributed by atoms with Crippen LogP contribution in [0.5, 0.6) is 0 Å². The van der Waals surface area contributed by atoms with Crippen molar-refractivity contribution in [3.8, 4) is 0 Å². The van der Waals surface area contributed by atoms with Gasteiger partial charge in [-0.3, -0.25) is 0 Å². The van der Waals surface area contributed by atoms with Crippen LogP contribution in [-0.4, -0.2) is 0 Å². The minimum Gasteiger partial charge on any atom is -0.103 e. The van der Waals surface area contributed by atoms with Gasteiger partial charge in [0.1, 0.15) is 0 Å². The van der Waals surface area contributed by atoms with Crippen molar-refractivity contribution < 1.29 is 0 Å². The summed E-state index contributed by atoms with van der Waals surface area (Å²) in [4.78, 5) is 0. The molecule has 67 valence electrons. The molecular formula is C13H15. The highest BCUT2D eigenvalue weighted by Crippen LogP contribution is 2.33. The standard InChI is InChI=1S/C13H15/c1-2-6-11-8-5-9-12-7-3-4-10-13(11)12/h2-4,6-7,10-11H,1,5,8-9H2. The van der Waals surface area contributed by atoms with Crippen LogP contribution in [0.3, 0.4) is 0 Å². The van der Waals surface area contributed by atoms with Gasteiger partial charge in [0.25, 0.3) is 0 Å². The minimum atomic E-state index is 0.613. The van der Waals surface area contributed by atoms with Crippen LogP contribution >= 0.6 is 0 Å². The van der Waals surface area contributed by atoms with Gasteiger partial charge in [-0.15, -0.1) is 6.58 Å². The third-order valence-electron chi connectivity index (χ3n) is 2.78. The first-order chi connectivity index (χ1) is 6.42. The van der Waals surface area contributed by atoms with Crippen LogP contribution in [0.25, 0.3) is 0 Å². The van der Waals surface area contributed by atoms with Crippen LogP contribution in [0.4, 0.5) is 0 Å². The van der Waals surface area contributed by atoms with E-state index >= 15 is 0 Å². The number of allylic oxidation sites excluding steroid dienone is 1. The summed E-state index contributed by atoms with van der Waals surface area (Å²) >= 11 is 0. The molecule has 1 unspecified atom stereocenters. The average molecular weight is 171 g/mol. The van der Waals surface area contributed by atoms with E-state index < -0.39 is 0 Å². The predicted octanol–water partition coefficient (Wildman–Crippen LogP) is 3.50. The topological polar surface area (TPSA) is 0 Å². The van der Waals surface area contributed by atoms with E-state index in [0.29, 0.717) is 5.92 Å². The molecule has 0 saturated carbocycles. The lowest BCUT2D eigenvalue weighted by Gasteiger charge is -2.23. The summed E-state index contributed by atoms with van der Waals surface area (Å²) in [6.45, 7) is 3.77. The Morgan fingerprint density at radius 3 is 3.00 bits per heavy atom. The van der Waals surface area contributed by atoms with Crippen molar-refractivity contribution in [3.05, 3.63) is 54.5 Å². The fraction of sp³-hybridized carbons (Fsp3) is 0.308. The molecule has 13 heavy (non-hydrogen) atoms. The molecular weight excluding hydrogens is 156 g/mol. The van der Waals surface area contributed by atoms with Gasteiger partial charge in [0, 0.05) is 0 Å². The molecule has 1 aliphatic carbocycles. The van der Waals surface area contributed by atoms with Gasteiger partial charge in [0.2, 0.25) is 0 Å². The van der Waals surface area contributed by atoms with Gasteiger partial charge in [0.15, 0.2) is 0 Å². The summed E-state index contributed by atoms with van der Waals surface area (Å²) < 4.78 is 0. The van der Waals surface area contributed by atoms with E-state index in [1.165, 1.54) is 30.4 Å². The third kappa shape index (κ3) is 1.67. The first kappa shape index (κ1) is 8.55. The highest BCUT2D eigenvalue weighted by atomic mass is 14.2. The average Bonchev–Trinajstić information content (AvgIpc) is 2.19. The smallest absolute Gasteiger partial charge is 0.00904 e. The fourth-order valence-corrected chi connectivity index (χ4v) is 2.16. The van der Waals surface area contributed by atoms with Crippen molar-refractivity contribution in [3.63, 3.8) is 0 Å². The molecule has 0 spiro atoms. The van der Waals surface area contributed by atoms with Crippen molar-refractivity contribution >= 4 is 0 Å². The normalized spacial score (nSPS) is 20.8. The Kier molecular flexibility index (Phi) is 2.49. The lowest BCUT2D eigenvalue weighted by molar-refractivity contribution is 0.612. The first-order valence-electron chi connectivity index (χ1n) is 4.95. The van der Waals surface area contributed by atoms with Crippen LogP contribution < -0.4 is 0 Å². The summed E-state index contributed by atoms with van der Waals surface area (Å²) in [7, 11) is 0. The van der Waals surface area contributed by atoms with E-state index in [2.05, 4.69) is 37.3 Å². The quantitative estimate of drug-likeness (QED) is 0.639. The Bertz CT molecular complexity index is 299. The number of fused-ring (bicyclic) bond motifs is 1. The second-order valence-corrected chi connectivity index (χ2v) is 3.63. The van der Waals surface area contributed by atoms with Crippen molar-refractivity contribution in [2.75, 3.05) is 0 Å². The SMILES string of the molecule is C=C[CH]C1CCCc2ccccc21. The lowest BCUT2D eigenvalue weighted by Crippen LogP contribution is -2.09. The van der Waals surface area contributed by atoms with Gasteiger partial charge in [-0.25, -0.2) is 0 Å². The number of rotatable bonds is 2. The fourth-order valence-electron chi connectivity index (χ4n) is 2.16. The Hall–Kier alpha value is -1.04. The largest absolute Gasteiger partial charge is 0.103 e. The minimum absolute atomic E-state index is 0.613. The van der Waals surface area contributed by atoms with Gasteiger partial charge in [-0.2, -0.15) is 0 Å².